The molecule has 17 heavy (non-hydrogen) atoms. The summed E-state index contributed by atoms with van der Waals surface area (Å²) in [5, 5.41) is 0. The van der Waals surface area contributed by atoms with Crippen molar-refractivity contribution in [2.75, 3.05) is 0 Å². The van der Waals surface area contributed by atoms with E-state index >= 15 is 0 Å². The van der Waals surface area contributed by atoms with Crippen molar-refractivity contribution in [3.63, 3.8) is 0 Å². The van der Waals surface area contributed by atoms with Crippen LogP contribution in [0, 0.1) is 0 Å². The fourth-order valence-electron chi connectivity index (χ4n) is 1.74. The van der Waals surface area contributed by atoms with E-state index in [1.165, 1.54) is 14.2 Å². The molecule has 90 valence electrons. The third kappa shape index (κ3) is 3.91. The summed E-state index contributed by atoms with van der Waals surface area (Å²) < 4.78 is 2.31. The molecule has 0 aliphatic heterocycles. The second-order valence-electron chi connectivity index (χ2n) is 3.97. The first-order valence-corrected chi connectivity index (χ1v) is 7.78. The Morgan fingerprint density at radius 2 is 1.82 bits per heavy atom. The van der Waals surface area contributed by atoms with Gasteiger partial charge in [0.15, 0.2) is 0 Å². The molecular formula is C13H13Br2NS. The molecule has 1 aromatic heterocycles. The van der Waals surface area contributed by atoms with Crippen LogP contribution >= 0.6 is 43.2 Å². The maximum Gasteiger partial charge on any atom is 0.0701 e. The molecule has 0 aliphatic rings. The van der Waals surface area contributed by atoms with Gasteiger partial charge in [-0.3, -0.25) is 0 Å². The van der Waals surface area contributed by atoms with E-state index in [2.05, 4.69) is 62.2 Å². The molecular weight excluding hydrogens is 362 g/mol. The van der Waals surface area contributed by atoms with E-state index in [0.29, 0.717) is 0 Å². The first-order valence-electron chi connectivity index (χ1n) is 5.38. The summed E-state index contributed by atoms with van der Waals surface area (Å²) >= 11 is 8.78. The van der Waals surface area contributed by atoms with Gasteiger partial charge in [0, 0.05) is 15.4 Å². The summed E-state index contributed by atoms with van der Waals surface area (Å²) in [5.74, 6) is 0. The van der Waals surface area contributed by atoms with Crippen LogP contribution in [0.2, 0.25) is 0 Å². The normalized spacial score (nSPS) is 12.6. The predicted octanol–water partition coefficient (Wildman–Crippen LogP) is 4.39. The lowest BCUT2D eigenvalue weighted by Gasteiger charge is -2.11. The van der Waals surface area contributed by atoms with Gasteiger partial charge in [0.05, 0.1) is 3.79 Å². The van der Waals surface area contributed by atoms with E-state index < -0.39 is 0 Å². The van der Waals surface area contributed by atoms with Crippen LogP contribution in [-0.4, -0.2) is 6.04 Å². The Bertz CT molecular complexity index is 496. The highest BCUT2D eigenvalue weighted by Gasteiger charge is 2.09. The van der Waals surface area contributed by atoms with E-state index in [0.717, 1.165) is 17.3 Å². The van der Waals surface area contributed by atoms with Crippen molar-refractivity contribution >= 4 is 43.2 Å². The topological polar surface area (TPSA) is 26.0 Å². The van der Waals surface area contributed by atoms with Gasteiger partial charge in [0.1, 0.15) is 0 Å². The van der Waals surface area contributed by atoms with Crippen LogP contribution in [0.5, 0.6) is 0 Å². The molecule has 0 radical (unpaired) electrons. The number of halogens is 2. The largest absolute Gasteiger partial charge is 0.327 e. The van der Waals surface area contributed by atoms with Gasteiger partial charge in [-0.15, -0.1) is 11.3 Å². The highest BCUT2D eigenvalue weighted by Crippen LogP contribution is 2.24. The number of hydrogen-bond acceptors (Lipinski definition) is 2. The van der Waals surface area contributed by atoms with Crippen molar-refractivity contribution in [3.8, 4) is 0 Å². The average Bonchev–Trinajstić information content (AvgIpc) is 2.67. The van der Waals surface area contributed by atoms with E-state index in [9.17, 15) is 0 Å². The van der Waals surface area contributed by atoms with E-state index in [4.69, 9.17) is 5.73 Å². The molecule has 1 atom stereocenters. The molecule has 0 saturated carbocycles. The summed E-state index contributed by atoms with van der Waals surface area (Å²) in [6.07, 6.45) is 1.83. The molecule has 2 N–H and O–H groups in total. The Morgan fingerprint density at radius 3 is 2.47 bits per heavy atom. The third-order valence-electron chi connectivity index (χ3n) is 2.53. The number of rotatable bonds is 4. The van der Waals surface area contributed by atoms with Gasteiger partial charge in [0.25, 0.3) is 0 Å². The molecule has 2 rings (SSSR count). The molecule has 4 heteroatoms. The summed E-state index contributed by atoms with van der Waals surface area (Å²) in [4.78, 5) is 1.33. The summed E-state index contributed by atoms with van der Waals surface area (Å²) in [5.41, 5.74) is 7.46. The minimum Gasteiger partial charge on any atom is -0.327 e. The quantitative estimate of drug-likeness (QED) is 0.843. The van der Waals surface area contributed by atoms with Crippen LogP contribution in [-0.2, 0) is 12.8 Å². The molecule has 0 amide bonds. The lowest BCUT2D eigenvalue weighted by atomic mass is 10.0. The monoisotopic (exact) mass is 373 g/mol. The Labute approximate surface area is 122 Å². The van der Waals surface area contributed by atoms with Crippen LogP contribution in [0.4, 0.5) is 0 Å². The number of nitrogens with two attached hydrogens (primary N) is 1. The number of hydrogen-bond donors (Lipinski definition) is 1. The van der Waals surface area contributed by atoms with Crippen LogP contribution in [0.3, 0.4) is 0 Å². The smallest absolute Gasteiger partial charge is 0.0701 e. The standard InChI is InChI=1S/C13H13Br2NS/c14-12-4-2-1-3-9(12)7-10(16)8-11-5-6-13(15)17-11/h1-6,10H,7-8,16H2. The molecule has 1 unspecified atom stereocenters. The van der Waals surface area contributed by atoms with Gasteiger partial charge in [-0.05, 0) is 52.5 Å². The zero-order valence-electron chi connectivity index (χ0n) is 9.20. The maximum absolute atomic E-state index is 6.19. The minimum absolute atomic E-state index is 0.166. The highest BCUT2D eigenvalue weighted by atomic mass is 79.9. The Hall–Kier alpha value is -0.160. The second kappa shape index (κ2) is 6.14. The Kier molecular flexibility index (Phi) is 4.79. The number of thiophene rings is 1. The Balaban J connectivity index is 1.98. The first kappa shape index (κ1) is 13.3. The third-order valence-corrected chi connectivity index (χ3v) is 4.95. The molecule has 0 bridgehead atoms. The lowest BCUT2D eigenvalue weighted by Crippen LogP contribution is -2.25. The summed E-state index contributed by atoms with van der Waals surface area (Å²) in [6.45, 7) is 0. The van der Waals surface area contributed by atoms with E-state index in [-0.39, 0.29) is 6.04 Å². The molecule has 1 heterocycles. The lowest BCUT2D eigenvalue weighted by molar-refractivity contribution is 0.669. The van der Waals surface area contributed by atoms with Crippen LogP contribution in [0.15, 0.2) is 44.7 Å². The molecule has 0 fully saturated rings. The first-order chi connectivity index (χ1) is 8.15. The predicted molar refractivity (Wildman–Crippen MR) is 81.5 cm³/mol. The molecule has 0 saturated heterocycles. The van der Waals surface area contributed by atoms with E-state index in [1.807, 2.05) is 6.07 Å². The SMILES string of the molecule is NC(Cc1ccc(Br)s1)Cc1ccccc1Br. The zero-order chi connectivity index (χ0) is 12.3. The molecule has 2 aromatic rings. The minimum atomic E-state index is 0.166. The molecule has 1 aromatic carbocycles. The van der Waals surface area contributed by atoms with Crippen LogP contribution < -0.4 is 5.73 Å². The van der Waals surface area contributed by atoms with Gasteiger partial charge >= 0.3 is 0 Å². The molecule has 1 nitrogen and oxygen atoms in total. The van der Waals surface area contributed by atoms with Crippen LogP contribution in [0.1, 0.15) is 10.4 Å². The fourth-order valence-corrected chi connectivity index (χ4v) is 3.76. The molecule has 0 aliphatic carbocycles. The molecule has 0 spiro atoms. The average molecular weight is 375 g/mol. The van der Waals surface area contributed by atoms with Crippen molar-refractivity contribution in [3.05, 3.63) is 55.1 Å². The maximum atomic E-state index is 6.19. The fraction of sp³-hybridized carbons (Fsp3) is 0.231. The zero-order valence-corrected chi connectivity index (χ0v) is 13.2. The van der Waals surface area contributed by atoms with Gasteiger partial charge < -0.3 is 5.73 Å². The van der Waals surface area contributed by atoms with Crippen molar-refractivity contribution < 1.29 is 0 Å². The van der Waals surface area contributed by atoms with Crippen molar-refractivity contribution in [2.24, 2.45) is 5.73 Å². The summed E-state index contributed by atoms with van der Waals surface area (Å²) in [6, 6.07) is 12.6. The van der Waals surface area contributed by atoms with Gasteiger partial charge in [0.2, 0.25) is 0 Å². The Morgan fingerprint density at radius 1 is 1.06 bits per heavy atom. The highest BCUT2D eigenvalue weighted by molar-refractivity contribution is 9.11. The van der Waals surface area contributed by atoms with Gasteiger partial charge in [-0.25, -0.2) is 0 Å². The van der Waals surface area contributed by atoms with Gasteiger partial charge in [-0.2, -0.15) is 0 Å². The summed E-state index contributed by atoms with van der Waals surface area (Å²) in [7, 11) is 0. The second-order valence-corrected chi connectivity index (χ2v) is 7.37. The van der Waals surface area contributed by atoms with Crippen molar-refractivity contribution in [1.82, 2.24) is 0 Å². The van der Waals surface area contributed by atoms with Crippen LogP contribution in [0.25, 0.3) is 0 Å². The number of benzene rings is 1. The van der Waals surface area contributed by atoms with Crippen molar-refractivity contribution in [2.45, 2.75) is 18.9 Å². The van der Waals surface area contributed by atoms with E-state index in [1.54, 1.807) is 11.3 Å². The van der Waals surface area contributed by atoms with Crippen molar-refractivity contribution in [1.29, 1.82) is 0 Å². The van der Waals surface area contributed by atoms with Gasteiger partial charge in [-0.1, -0.05) is 34.1 Å².